The molecule has 0 fully saturated rings. The van der Waals surface area contributed by atoms with E-state index in [0.717, 1.165) is 0 Å². The summed E-state index contributed by atoms with van der Waals surface area (Å²) in [5.41, 5.74) is 1.69. The number of aryl methyl sites for hydroxylation is 2. The molecule has 21 heavy (non-hydrogen) atoms. The summed E-state index contributed by atoms with van der Waals surface area (Å²) >= 11 is 0. The smallest absolute Gasteiger partial charge is 0.262 e. The first-order chi connectivity index (χ1) is 9.92. The number of benzene rings is 1. The van der Waals surface area contributed by atoms with Crippen molar-refractivity contribution < 1.29 is 13.5 Å². The Labute approximate surface area is 123 Å². The SMILES string of the molecule is Cc1nn(C)cc1NS(=O)(=O)c1ccc(C#CCO)cc1. The van der Waals surface area contributed by atoms with Gasteiger partial charge in [-0.05, 0) is 31.2 Å². The monoisotopic (exact) mass is 305 g/mol. The van der Waals surface area contributed by atoms with Gasteiger partial charge in [0.05, 0.1) is 16.3 Å². The van der Waals surface area contributed by atoms with Gasteiger partial charge in [-0.1, -0.05) is 11.8 Å². The quantitative estimate of drug-likeness (QED) is 0.824. The molecule has 0 saturated heterocycles. The molecule has 0 aliphatic carbocycles. The molecule has 0 spiro atoms. The first-order valence-corrected chi connectivity index (χ1v) is 7.63. The molecule has 1 aromatic carbocycles. The molecule has 0 atom stereocenters. The van der Waals surface area contributed by atoms with Crippen molar-refractivity contribution in [3.63, 3.8) is 0 Å². The second-order valence-electron chi connectivity index (χ2n) is 4.39. The van der Waals surface area contributed by atoms with Crippen LogP contribution in [0.3, 0.4) is 0 Å². The third-order valence-electron chi connectivity index (χ3n) is 2.73. The summed E-state index contributed by atoms with van der Waals surface area (Å²) < 4.78 is 28.6. The summed E-state index contributed by atoms with van der Waals surface area (Å²) in [5, 5.41) is 12.7. The Kier molecular flexibility index (Phi) is 4.31. The molecule has 1 heterocycles. The molecule has 2 rings (SSSR count). The molecule has 0 aliphatic heterocycles. The standard InChI is InChI=1S/C14H15N3O3S/c1-11-14(10-17(2)15-11)16-21(19,20)13-7-5-12(6-8-13)4-3-9-18/h5-8,10,16,18H,9H2,1-2H3. The van der Waals surface area contributed by atoms with Gasteiger partial charge in [-0.3, -0.25) is 9.40 Å². The van der Waals surface area contributed by atoms with Crippen molar-refractivity contribution in [3.8, 4) is 11.8 Å². The van der Waals surface area contributed by atoms with E-state index in [1.165, 1.54) is 12.1 Å². The third kappa shape index (κ3) is 3.62. The van der Waals surface area contributed by atoms with E-state index in [2.05, 4.69) is 21.7 Å². The highest BCUT2D eigenvalue weighted by atomic mass is 32.2. The van der Waals surface area contributed by atoms with E-state index in [1.54, 1.807) is 37.0 Å². The van der Waals surface area contributed by atoms with Crippen LogP contribution in [-0.4, -0.2) is 29.9 Å². The number of nitrogens with zero attached hydrogens (tertiary/aromatic N) is 2. The molecule has 0 radical (unpaired) electrons. The molecule has 110 valence electrons. The summed E-state index contributed by atoms with van der Waals surface area (Å²) in [5.74, 6) is 5.21. The Morgan fingerprint density at radius 1 is 1.33 bits per heavy atom. The van der Waals surface area contributed by atoms with Gasteiger partial charge in [0.15, 0.2) is 0 Å². The number of aliphatic hydroxyl groups is 1. The van der Waals surface area contributed by atoms with Crippen LogP contribution >= 0.6 is 0 Å². The van der Waals surface area contributed by atoms with Crippen molar-refractivity contribution in [1.29, 1.82) is 0 Å². The normalized spacial score (nSPS) is 10.8. The minimum atomic E-state index is -3.66. The van der Waals surface area contributed by atoms with Crippen LogP contribution in [0.4, 0.5) is 5.69 Å². The average molecular weight is 305 g/mol. The van der Waals surface area contributed by atoms with Crippen molar-refractivity contribution in [3.05, 3.63) is 41.7 Å². The van der Waals surface area contributed by atoms with Crippen LogP contribution in [0.25, 0.3) is 0 Å². The molecule has 1 aromatic heterocycles. The Hall–Kier alpha value is -2.30. The Bertz CT molecular complexity index is 796. The summed E-state index contributed by atoms with van der Waals surface area (Å²) in [6, 6.07) is 6.12. The van der Waals surface area contributed by atoms with E-state index < -0.39 is 10.0 Å². The molecule has 7 heteroatoms. The number of nitrogens with one attached hydrogen (secondary N) is 1. The van der Waals surface area contributed by atoms with E-state index in [0.29, 0.717) is 16.9 Å². The van der Waals surface area contributed by atoms with Gasteiger partial charge in [-0.15, -0.1) is 0 Å². The van der Waals surface area contributed by atoms with Crippen molar-refractivity contribution in [1.82, 2.24) is 9.78 Å². The zero-order valence-electron chi connectivity index (χ0n) is 11.7. The van der Waals surface area contributed by atoms with Gasteiger partial charge in [0.1, 0.15) is 6.61 Å². The van der Waals surface area contributed by atoms with Crippen LogP contribution in [0.1, 0.15) is 11.3 Å². The zero-order chi connectivity index (χ0) is 15.5. The van der Waals surface area contributed by atoms with Crippen LogP contribution < -0.4 is 4.72 Å². The fourth-order valence-electron chi connectivity index (χ4n) is 1.76. The number of aliphatic hydroxyl groups excluding tert-OH is 1. The first-order valence-electron chi connectivity index (χ1n) is 6.15. The van der Waals surface area contributed by atoms with E-state index in [1.807, 2.05) is 0 Å². The highest BCUT2D eigenvalue weighted by molar-refractivity contribution is 7.92. The Morgan fingerprint density at radius 3 is 2.52 bits per heavy atom. The molecule has 0 saturated carbocycles. The highest BCUT2D eigenvalue weighted by Gasteiger charge is 2.16. The lowest BCUT2D eigenvalue weighted by molar-refractivity contribution is 0.350. The van der Waals surface area contributed by atoms with Gasteiger partial charge >= 0.3 is 0 Å². The number of hydrogen-bond donors (Lipinski definition) is 2. The van der Waals surface area contributed by atoms with Crippen LogP contribution in [0.5, 0.6) is 0 Å². The number of hydrogen-bond acceptors (Lipinski definition) is 4. The minimum absolute atomic E-state index is 0.139. The van der Waals surface area contributed by atoms with Crippen molar-refractivity contribution >= 4 is 15.7 Å². The maximum absolute atomic E-state index is 12.3. The highest BCUT2D eigenvalue weighted by Crippen LogP contribution is 2.18. The molecular weight excluding hydrogens is 290 g/mol. The molecule has 0 amide bonds. The van der Waals surface area contributed by atoms with E-state index in [4.69, 9.17) is 5.11 Å². The molecule has 0 unspecified atom stereocenters. The predicted octanol–water partition coefficient (Wildman–Crippen LogP) is 0.873. The topological polar surface area (TPSA) is 84.2 Å². The minimum Gasteiger partial charge on any atom is -0.384 e. The third-order valence-corrected chi connectivity index (χ3v) is 4.12. The van der Waals surface area contributed by atoms with Gasteiger partial charge in [-0.2, -0.15) is 5.10 Å². The molecule has 2 N–H and O–H groups in total. The summed E-state index contributed by atoms with van der Waals surface area (Å²) in [6.45, 7) is 1.49. The van der Waals surface area contributed by atoms with Gasteiger partial charge in [0, 0.05) is 18.8 Å². The lowest BCUT2D eigenvalue weighted by Gasteiger charge is -2.06. The number of sulfonamides is 1. The zero-order valence-corrected chi connectivity index (χ0v) is 12.5. The van der Waals surface area contributed by atoms with Crippen molar-refractivity contribution in [2.24, 2.45) is 7.05 Å². The summed E-state index contributed by atoms with van der Waals surface area (Å²) in [4.78, 5) is 0.139. The first kappa shape index (κ1) is 15.1. The Balaban J connectivity index is 2.25. The van der Waals surface area contributed by atoms with E-state index in [-0.39, 0.29) is 11.5 Å². The predicted molar refractivity (Wildman–Crippen MR) is 79.2 cm³/mol. The average Bonchev–Trinajstić information content (AvgIpc) is 2.74. The number of rotatable bonds is 3. The van der Waals surface area contributed by atoms with Crippen molar-refractivity contribution in [2.45, 2.75) is 11.8 Å². The lowest BCUT2D eigenvalue weighted by atomic mass is 10.2. The molecular formula is C14H15N3O3S. The van der Waals surface area contributed by atoms with Crippen LogP contribution in [-0.2, 0) is 17.1 Å². The van der Waals surface area contributed by atoms with Gasteiger partial charge in [-0.25, -0.2) is 8.42 Å². The maximum atomic E-state index is 12.3. The van der Waals surface area contributed by atoms with Gasteiger partial charge in [0.25, 0.3) is 10.0 Å². The van der Waals surface area contributed by atoms with Crippen LogP contribution in [0, 0.1) is 18.8 Å². The molecule has 6 nitrogen and oxygen atoms in total. The Morgan fingerprint density at radius 2 is 2.00 bits per heavy atom. The van der Waals surface area contributed by atoms with E-state index in [9.17, 15) is 8.42 Å². The number of anilines is 1. The lowest BCUT2D eigenvalue weighted by Crippen LogP contribution is -2.13. The fraction of sp³-hybridized carbons (Fsp3) is 0.214. The van der Waals surface area contributed by atoms with Crippen molar-refractivity contribution in [2.75, 3.05) is 11.3 Å². The van der Waals surface area contributed by atoms with Gasteiger partial charge < -0.3 is 5.11 Å². The molecule has 0 bridgehead atoms. The molecule has 0 aliphatic rings. The number of aromatic nitrogens is 2. The summed E-state index contributed by atoms with van der Waals surface area (Å²) in [6.07, 6.45) is 1.61. The van der Waals surface area contributed by atoms with E-state index >= 15 is 0 Å². The molecule has 2 aromatic rings. The second kappa shape index (κ2) is 5.99. The van der Waals surface area contributed by atoms with Crippen LogP contribution in [0.15, 0.2) is 35.4 Å². The fourth-order valence-corrected chi connectivity index (χ4v) is 2.86. The van der Waals surface area contributed by atoms with Gasteiger partial charge in [0.2, 0.25) is 0 Å². The second-order valence-corrected chi connectivity index (χ2v) is 6.07. The largest absolute Gasteiger partial charge is 0.384 e. The van der Waals surface area contributed by atoms with Crippen LogP contribution in [0.2, 0.25) is 0 Å². The summed E-state index contributed by atoms with van der Waals surface area (Å²) in [7, 11) is -1.94. The maximum Gasteiger partial charge on any atom is 0.262 e.